The normalized spacial score (nSPS) is 18.5. The molecule has 19 aromatic rings. The summed E-state index contributed by atoms with van der Waals surface area (Å²) in [6.07, 6.45) is 13.5. The van der Waals surface area contributed by atoms with Crippen molar-refractivity contribution in [3.63, 3.8) is 0 Å². The van der Waals surface area contributed by atoms with Crippen LogP contribution in [0.4, 0.5) is 74.1 Å². The second-order valence-corrected chi connectivity index (χ2v) is 33.7. The number of aryl methyl sites for hydroxylation is 5. The highest BCUT2D eigenvalue weighted by atomic mass is 16.4. The maximum Gasteiger partial charge on any atom is 0.227 e. The van der Waals surface area contributed by atoms with Gasteiger partial charge in [0.05, 0.1) is 72.4 Å². The summed E-state index contributed by atoms with van der Waals surface area (Å²) in [5.74, 6) is 0.607. The molecule has 5 atom stereocenters. The Morgan fingerprint density at radius 2 is 0.559 bits per heavy atom. The van der Waals surface area contributed by atoms with Crippen LogP contribution in [0.3, 0.4) is 0 Å². The highest BCUT2D eigenvalue weighted by Crippen LogP contribution is 2.54. The number of pyridine rings is 6. The van der Waals surface area contributed by atoms with Gasteiger partial charge in [0.25, 0.3) is 0 Å². The molecule has 5 aliphatic heterocycles. The Bertz CT molecular complexity index is 7180. The Kier molecular flexibility index (Phi) is 17.8. The summed E-state index contributed by atoms with van der Waals surface area (Å²) in [4.78, 5) is 46.4. The van der Waals surface area contributed by atoms with Crippen LogP contribution in [0.5, 0.6) is 0 Å². The highest BCUT2D eigenvalue weighted by Gasteiger charge is 2.42. The quantitative estimate of drug-likeness (QED) is 0.140. The van der Waals surface area contributed by atoms with E-state index in [2.05, 4.69) is 174 Å². The van der Waals surface area contributed by atoms with Gasteiger partial charge in [-0.25, -0.2) is 29.9 Å². The molecule has 0 bridgehead atoms. The Labute approximate surface area is 751 Å². The Morgan fingerprint density at radius 1 is 0.276 bits per heavy atom. The molecule has 16 heterocycles. The number of para-hydroxylation sites is 6. The average Bonchev–Trinajstić information content (AvgIpc) is 1.58. The molecule has 0 N–H and O–H groups in total. The van der Waals surface area contributed by atoms with Crippen molar-refractivity contribution in [1.29, 1.82) is 0 Å². The van der Waals surface area contributed by atoms with E-state index in [0.717, 1.165) is 161 Å². The van der Waals surface area contributed by atoms with E-state index in [-0.39, 0.29) is 18.5 Å². The van der Waals surface area contributed by atoms with Gasteiger partial charge in [-0.3, -0.25) is 0 Å². The molecule has 0 aliphatic carbocycles. The molecule has 127 heavy (non-hydrogen) atoms. The molecule has 24 rings (SSSR count). The van der Waals surface area contributed by atoms with E-state index in [4.69, 9.17) is 34.4 Å². The molecule has 5 aliphatic rings. The van der Waals surface area contributed by atoms with E-state index in [0.29, 0.717) is 51.3 Å². The molecule has 0 saturated carbocycles. The minimum absolute atomic E-state index is 0.0182. The number of fused-ring (bicyclic) bond motifs is 19. The first kappa shape index (κ1) is 70.8. The molecule has 0 saturated heterocycles. The van der Waals surface area contributed by atoms with Crippen LogP contribution >= 0.6 is 0 Å². The van der Waals surface area contributed by atoms with Crippen LogP contribution in [0.15, 0.2) is 278 Å². The van der Waals surface area contributed by atoms with Crippen molar-refractivity contribution in [1.82, 2.24) is 34.8 Å². The first-order valence-electron chi connectivity index (χ1n) is 47.5. The first-order valence-corrected chi connectivity index (χ1v) is 43.0. The average molecular weight is 1690 g/mol. The number of hydrogen-bond donors (Lipinski definition) is 0. The number of aromatic nitrogens is 6. The van der Waals surface area contributed by atoms with Gasteiger partial charge in [-0.2, -0.15) is 0 Å². The number of hydrogen-bond acceptors (Lipinski definition) is 21. The Balaban J connectivity index is 0.000000105. The summed E-state index contributed by atoms with van der Waals surface area (Å²) in [6.45, 7) is 27.5. The van der Waals surface area contributed by atoms with Gasteiger partial charge in [0.15, 0.2) is 33.7 Å². The zero-order chi connectivity index (χ0) is 95.6. The molecule has 21 nitrogen and oxygen atoms in total. The smallest absolute Gasteiger partial charge is 0.227 e. The maximum absolute atomic E-state index is 8.71. The second-order valence-electron chi connectivity index (χ2n) is 33.7. The topological polar surface area (TPSA) is 175 Å². The van der Waals surface area contributed by atoms with Crippen molar-refractivity contribution in [3.8, 4) is 0 Å². The van der Waals surface area contributed by atoms with E-state index in [1.807, 2.05) is 213 Å². The van der Waals surface area contributed by atoms with Crippen molar-refractivity contribution in [3.05, 3.63) is 284 Å². The van der Waals surface area contributed by atoms with Crippen molar-refractivity contribution >= 4 is 184 Å². The molecule has 638 valence electrons. The monoisotopic (exact) mass is 1690 g/mol. The number of nitrogens with zero attached hydrogens (tertiary/aromatic N) is 16. The number of furan rings is 5. The predicted octanol–water partition coefficient (Wildman–Crippen LogP) is 26.5. The third-order valence-electron chi connectivity index (χ3n) is 25.3. The summed E-state index contributed by atoms with van der Waals surface area (Å²) < 4.78 is 105. The lowest BCUT2D eigenvalue weighted by molar-refractivity contribution is 0.263. The molecule has 0 radical (unpaired) electrons. The van der Waals surface area contributed by atoms with Crippen molar-refractivity contribution < 1.29 is 34.4 Å². The lowest BCUT2D eigenvalue weighted by atomic mass is 10.1. The number of benzene rings is 8. The van der Waals surface area contributed by atoms with E-state index in [1.165, 1.54) is 9.80 Å². The van der Waals surface area contributed by atoms with Crippen molar-refractivity contribution in [2.24, 2.45) is 0 Å². The minimum Gasteiger partial charge on any atom is -0.435 e. The lowest BCUT2D eigenvalue weighted by Gasteiger charge is -2.33. The van der Waals surface area contributed by atoms with Gasteiger partial charge in [0.1, 0.15) is 30.8 Å². The zero-order valence-electron chi connectivity index (χ0n) is 82.8. The Morgan fingerprint density at radius 3 is 0.906 bits per heavy atom. The molecule has 11 aromatic heterocycles. The van der Waals surface area contributed by atoms with E-state index in [9.17, 15) is 0 Å². The van der Waals surface area contributed by atoms with Crippen LogP contribution < -0.4 is 44.1 Å². The number of rotatable bonds is 8. The first-order chi connectivity index (χ1) is 64.9. The maximum atomic E-state index is 8.71. The molecule has 0 unspecified atom stereocenters. The summed E-state index contributed by atoms with van der Waals surface area (Å²) in [6, 6.07) is 66.1. The molecule has 0 fully saturated rings. The second kappa shape index (κ2) is 31.9. The van der Waals surface area contributed by atoms with Gasteiger partial charge in [-0.1, -0.05) is 97.1 Å². The number of anilines is 13. The van der Waals surface area contributed by atoms with E-state index >= 15 is 0 Å². The fraction of sp³-hybridized carbons (Fsp3) is 0.245. The van der Waals surface area contributed by atoms with Gasteiger partial charge >= 0.3 is 0 Å². The fourth-order valence-corrected chi connectivity index (χ4v) is 19.5. The van der Waals surface area contributed by atoms with Crippen LogP contribution in [-0.2, 0) is 0 Å². The van der Waals surface area contributed by atoms with Crippen LogP contribution in [-0.4, -0.2) is 97.6 Å². The lowest BCUT2D eigenvalue weighted by Crippen LogP contribution is -2.42. The van der Waals surface area contributed by atoms with Gasteiger partial charge in [0, 0.05) is 144 Å². The van der Waals surface area contributed by atoms with Gasteiger partial charge in [-0.05, 0) is 248 Å². The Hall–Kier alpha value is -14.6. The summed E-state index contributed by atoms with van der Waals surface area (Å²) >= 11 is 0. The molecule has 0 amide bonds. The van der Waals surface area contributed by atoms with Gasteiger partial charge in [-0.15, -0.1) is 0 Å². The van der Waals surface area contributed by atoms with Crippen LogP contribution in [0.1, 0.15) is 116 Å². The standard InChI is InChI=1S/2C23H23N3O.C21H19N3O.C20H18N4O.C19H21N3O/c2*1-14(2)25-16(4)26(20-10-6-5-9-19(20)25)21-15(3)11-12-17-18-8-7-13-24-23(18)27-22(17)21;1-13-10-11-15-16-7-6-12-22-21(16)25-20(15)19(13)24-14(2)23(3)17-8-4-5-9-18(17)24;1-12-8-9-14-15-6-4-11-22-20(15)25-18(14)17(12)24-13(2)23(3)16-7-5-10-21-19(16)24;1-12(2)21-10-11-22(14(21)4)17-13(3)7-8-15-16-6-5-9-20-19(16)23-18(15)17/h2*5-14,16H,1-4H3;4-12,14H,1-3H3;4-11,13H,1-3H3;5-12,14H,1-4H3/t2*16-;14-;13-;14-/m00000/s1/i2*14D;2*3D3;12D. The fourth-order valence-electron chi connectivity index (χ4n) is 19.5. The van der Waals surface area contributed by atoms with Crippen molar-refractivity contribution in [2.45, 2.75) is 160 Å². The van der Waals surface area contributed by atoms with Gasteiger partial charge in [0.2, 0.25) is 28.6 Å². The largest absolute Gasteiger partial charge is 0.435 e. The zero-order valence-corrected chi connectivity index (χ0v) is 73.8. The van der Waals surface area contributed by atoms with Crippen LogP contribution in [0.25, 0.3) is 110 Å². The minimum atomic E-state index is -2.29. The molecule has 21 heteroatoms. The SMILES string of the molecule is [2H]C(C)(C)N1C=CN(c2c(C)ccc3c2oc2ncccc23)[C@H]1C.[2H]C(C)(C)N1c2ccccc2N(c2c(C)ccc3c2oc2ncccc23)[C@H]1C.[2H]C(C)(C)N1c2ccccc2N(c2c(C)ccc3c2oc2ncccc23)[C@H]1C.[2H]C([2H])([2H])N1c2ccccc2N(c2c(C)ccc3c2oc2ncccc23)[C@H]1C.[2H]C([2H])([2H])N1c2cccnc2N(c2c(C)ccc3c2oc2ncccc23)[C@H]1C. The molecular formula is C106H104N16O5. The summed E-state index contributed by atoms with van der Waals surface area (Å²) in [7, 11) is 0. The van der Waals surface area contributed by atoms with Crippen LogP contribution in [0.2, 0.25) is 0 Å². The third kappa shape index (κ3) is 13.2. The van der Waals surface area contributed by atoms with E-state index < -0.39 is 44.3 Å². The third-order valence-corrected chi connectivity index (χ3v) is 25.3. The molecule has 0 spiro atoms. The predicted molar refractivity (Wildman–Crippen MR) is 521 cm³/mol. The van der Waals surface area contributed by atoms with Crippen molar-refractivity contribution in [2.75, 3.05) is 58.1 Å². The van der Waals surface area contributed by atoms with Crippen LogP contribution in [0, 0.1) is 34.6 Å². The van der Waals surface area contributed by atoms with E-state index in [1.54, 1.807) is 49.3 Å². The van der Waals surface area contributed by atoms with Gasteiger partial charge < -0.3 is 71.1 Å². The summed E-state index contributed by atoms with van der Waals surface area (Å²) in [5, 5.41) is 10.1. The highest BCUT2D eigenvalue weighted by molar-refractivity contribution is 6.15. The summed E-state index contributed by atoms with van der Waals surface area (Å²) in [5.41, 5.74) is 23.8. The molecule has 8 aromatic carbocycles. The molecular weight excluding hydrogens is 1580 g/mol.